The summed E-state index contributed by atoms with van der Waals surface area (Å²) in [7, 11) is 0. The normalized spacial score (nSPS) is 11.9. The predicted molar refractivity (Wildman–Crippen MR) is 60.2 cm³/mol. The minimum Gasteiger partial charge on any atom is -0.318 e. The molecule has 2 aromatic rings. The first-order chi connectivity index (χ1) is 8.30. The standard InChI is InChI=1S/C13H11F4N/c1-8-3-4-9(2)18(8)12-6-5-10(14)7-11(12)13(15,16)17/h3-7H,1-2H3. The number of hydrogen-bond donors (Lipinski definition) is 0. The molecule has 0 aliphatic carbocycles. The fourth-order valence-corrected chi connectivity index (χ4v) is 1.98. The highest BCUT2D eigenvalue weighted by Gasteiger charge is 2.34. The van der Waals surface area contributed by atoms with Gasteiger partial charge in [-0.15, -0.1) is 0 Å². The summed E-state index contributed by atoms with van der Waals surface area (Å²) < 4.78 is 53.2. The molecule has 96 valence electrons. The Morgan fingerprint density at radius 3 is 2.00 bits per heavy atom. The van der Waals surface area contributed by atoms with Crippen LogP contribution >= 0.6 is 0 Å². The minimum absolute atomic E-state index is 0.0519. The molecule has 0 saturated heterocycles. The van der Waals surface area contributed by atoms with Crippen molar-refractivity contribution >= 4 is 0 Å². The first kappa shape index (κ1) is 12.7. The molecule has 5 heteroatoms. The molecule has 2 rings (SSSR count). The van der Waals surface area contributed by atoms with Gasteiger partial charge < -0.3 is 4.57 Å². The third-order valence-electron chi connectivity index (χ3n) is 2.78. The lowest BCUT2D eigenvalue weighted by atomic mass is 10.1. The van der Waals surface area contributed by atoms with Crippen LogP contribution in [0.2, 0.25) is 0 Å². The van der Waals surface area contributed by atoms with Crippen molar-refractivity contribution in [3.8, 4) is 5.69 Å². The average Bonchev–Trinajstić information content (AvgIpc) is 2.58. The molecule has 1 nitrogen and oxygen atoms in total. The van der Waals surface area contributed by atoms with Crippen LogP contribution in [0.1, 0.15) is 17.0 Å². The molecule has 0 bridgehead atoms. The Labute approximate surface area is 102 Å². The highest BCUT2D eigenvalue weighted by Crippen LogP contribution is 2.35. The molecular formula is C13H11F4N. The monoisotopic (exact) mass is 257 g/mol. The summed E-state index contributed by atoms with van der Waals surface area (Å²) in [5, 5.41) is 0. The first-order valence-electron chi connectivity index (χ1n) is 5.33. The lowest BCUT2D eigenvalue weighted by molar-refractivity contribution is -0.137. The van der Waals surface area contributed by atoms with Crippen molar-refractivity contribution in [1.29, 1.82) is 0 Å². The van der Waals surface area contributed by atoms with Gasteiger partial charge in [0.1, 0.15) is 5.82 Å². The zero-order valence-electron chi connectivity index (χ0n) is 9.85. The van der Waals surface area contributed by atoms with Crippen molar-refractivity contribution in [2.45, 2.75) is 20.0 Å². The molecule has 0 radical (unpaired) electrons. The summed E-state index contributed by atoms with van der Waals surface area (Å²) >= 11 is 0. The Morgan fingerprint density at radius 2 is 1.50 bits per heavy atom. The molecule has 0 unspecified atom stereocenters. The van der Waals surface area contributed by atoms with E-state index in [1.54, 1.807) is 26.0 Å². The molecule has 1 aromatic carbocycles. The fourth-order valence-electron chi connectivity index (χ4n) is 1.98. The Kier molecular flexibility index (Phi) is 2.92. The van der Waals surface area contributed by atoms with E-state index in [-0.39, 0.29) is 5.69 Å². The highest BCUT2D eigenvalue weighted by atomic mass is 19.4. The molecule has 0 saturated carbocycles. The number of aromatic nitrogens is 1. The number of nitrogens with zero attached hydrogens (tertiary/aromatic N) is 1. The molecule has 0 fully saturated rings. The number of halogens is 4. The van der Waals surface area contributed by atoms with E-state index in [9.17, 15) is 17.6 Å². The van der Waals surface area contributed by atoms with Gasteiger partial charge in [-0.3, -0.25) is 0 Å². The highest BCUT2D eigenvalue weighted by molar-refractivity contribution is 5.46. The molecule has 0 amide bonds. The van der Waals surface area contributed by atoms with Gasteiger partial charge in [0.2, 0.25) is 0 Å². The van der Waals surface area contributed by atoms with Crippen LogP contribution in [0.25, 0.3) is 5.69 Å². The molecule has 18 heavy (non-hydrogen) atoms. The van der Waals surface area contributed by atoms with Crippen LogP contribution < -0.4 is 0 Å². The van der Waals surface area contributed by atoms with Gasteiger partial charge in [-0.05, 0) is 44.2 Å². The van der Waals surface area contributed by atoms with Crippen LogP contribution in [-0.2, 0) is 6.18 Å². The minimum atomic E-state index is -4.58. The summed E-state index contributed by atoms with van der Waals surface area (Å²) in [5.41, 5.74) is 0.322. The van der Waals surface area contributed by atoms with Crippen molar-refractivity contribution in [3.63, 3.8) is 0 Å². The topological polar surface area (TPSA) is 4.93 Å². The number of alkyl halides is 3. The maximum Gasteiger partial charge on any atom is 0.418 e. The van der Waals surface area contributed by atoms with E-state index >= 15 is 0 Å². The summed E-state index contributed by atoms with van der Waals surface area (Å²) in [6.07, 6.45) is -4.58. The van der Waals surface area contributed by atoms with E-state index in [1.165, 1.54) is 4.57 Å². The second-order valence-corrected chi connectivity index (χ2v) is 4.11. The summed E-state index contributed by atoms with van der Waals surface area (Å²) in [6, 6.07) is 6.15. The van der Waals surface area contributed by atoms with Gasteiger partial charge >= 0.3 is 6.18 Å². The van der Waals surface area contributed by atoms with Crippen LogP contribution in [0.3, 0.4) is 0 Å². The van der Waals surface area contributed by atoms with E-state index in [1.807, 2.05) is 0 Å². The molecule has 0 aliphatic heterocycles. The van der Waals surface area contributed by atoms with Crippen molar-refractivity contribution in [2.24, 2.45) is 0 Å². The third-order valence-corrected chi connectivity index (χ3v) is 2.78. The van der Waals surface area contributed by atoms with Crippen LogP contribution in [0, 0.1) is 19.7 Å². The van der Waals surface area contributed by atoms with E-state index in [4.69, 9.17) is 0 Å². The summed E-state index contributed by atoms with van der Waals surface area (Å²) in [6.45, 7) is 3.41. The quantitative estimate of drug-likeness (QED) is 0.673. The predicted octanol–water partition coefficient (Wildman–Crippen LogP) is 4.25. The molecule has 0 spiro atoms. The molecule has 0 atom stereocenters. The zero-order chi connectivity index (χ0) is 13.5. The average molecular weight is 257 g/mol. The second kappa shape index (κ2) is 4.15. The summed E-state index contributed by atoms with van der Waals surface area (Å²) in [4.78, 5) is 0. The first-order valence-corrected chi connectivity index (χ1v) is 5.33. The molecule has 1 aromatic heterocycles. The Balaban J connectivity index is 2.73. The van der Waals surface area contributed by atoms with E-state index in [0.29, 0.717) is 17.5 Å². The lowest BCUT2D eigenvalue weighted by Crippen LogP contribution is -2.12. The Bertz CT molecular complexity index is 562. The maximum absolute atomic E-state index is 13.0. The molecule has 0 aliphatic rings. The molecular weight excluding hydrogens is 246 g/mol. The number of hydrogen-bond acceptors (Lipinski definition) is 0. The van der Waals surface area contributed by atoms with Crippen LogP contribution in [-0.4, -0.2) is 4.57 Å². The third kappa shape index (κ3) is 2.12. The largest absolute Gasteiger partial charge is 0.418 e. The Morgan fingerprint density at radius 1 is 0.944 bits per heavy atom. The fraction of sp³-hybridized carbons (Fsp3) is 0.231. The number of rotatable bonds is 1. The SMILES string of the molecule is Cc1ccc(C)n1-c1ccc(F)cc1C(F)(F)F. The lowest BCUT2D eigenvalue weighted by Gasteiger charge is -2.16. The van der Waals surface area contributed by atoms with Gasteiger partial charge in [0.15, 0.2) is 0 Å². The van der Waals surface area contributed by atoms with Crippen molar-refractivity contribution < 1.29 is 17.6 Å². The van der Waals surface area contributed by atoms with Crippen LogP contribution in [0.5, 0.6) is 0 Å². The van der Waals surface area contributed by atoms with Gasteiger partial charge in [0, 0.05) is 11.4 Å². The zero-order valence-corrected chi connectivity index (χ0v) is 9.85. The number of aryl methyl sites for hydroxylation is 2. The Hall–Kier alpha value is -1.78. The van der Waals surface area contributed by atoms with E-state index < -0.39 is 17.6 Å². The van der Waals surface area contributed by atoms with E-state index in [0.717, 1.165) is 12.1 Å². The van der Waals surface area contributed by atoms with Gasteiger partial charge in [0.25, 0.3) is 0 Å². The maximum atomic E-state index is 13.0. The van der Waals surface area contributed by atoms with Gasteiger partial charge in [-0.2, -0.15) is 13.2 Å². The summed E-state index contributed by atoms with van der Waals surface area (Å²) in [5.74, 6) is -0.895. The molecule has 0 N–H and O–H groups in total. The van der Waals surface area contributed by atoms with Gasteiger partial charge in [0.05, 0.1) is 11.3 Å². The van der Waals surface area contributed by atoms with E-state index in [2.05, 4.69) is 0 Å². The van der Waals surface area contributed by atoms with Gasteiger partial charge in [-0.1, -0.05) is 0 Å². The van der Waals surface area contributed by atoms with Crippen molar-refractivity contribution in [1.82, 2.24) is 4.57 Å². The molecule has 1 heterocycles. The second-order valence-electron chi connectivity index (χ2n) is 4.11. The van der Waals surface area contributed by atoms with Crippen LogP contribution in [0.15, 0.2) is 30.3 Å². The van der Waals surface area contributed by atoms with Crippen LogP contribution in [0.4, 0.5) is 17.6 Å². The van der Waals surface area contributed by atoms with Gasteiger partial charge in [-0.25, -0.2) is 4.39 Å². The smallest absolute Gasteiger partial charge is 0.318 e. The van der Waals surface area contributed by atoms with Crippen molar-refractivity contribution in [3.05, 3.63) is 53.1 Å². The van der Waals surface area contributed by atoms with Crippen molar-refractivity contribution in [2.75, 3.05) is 0 Å². The number of benzene rings is 1.